The van der Waals surface area contributed by atoms with Crippen LogP contribution in [-0.2, 0) is 9.59 Å². The molecule has 1 rings (SSSR count). The molecule has 0 bridgehead atoms. The van der Waals surface area contributed by atoms with Crippen LogP contribution in [0.1, 0.15) is 0 Å². The third kappa shape index (κ3) is 4.08. The molecule has 0 aliphatic rings. The Bertz CT molecular complexity index is 479. The molecule has 0 radical (unpaired) electrons. The zero-order valence-electron chi connectivity index (χ0n) is 10.2. The third-order valence-corrected chi connectivity index (χ3v) is 2.94. The molecule has 0 aliphatic heterocycles. The first-order valence-corrected chi connectivity index (χ1v) is 6.51. The Hall–Kier alpha value is -1.34. The fourth-order valence-corrected chi connectivity index (χ4v) is 1.80. The molecule has 0 unspecified atom stereocenters. The van der Waals surface area contributed by atoms with Crippen molar-refractivity contribution in [3.05, 3.63) is 29.3 Å². The van der Waals surface area contributed by atoms with Crippen LogP contribution in [0.4, 0.5) is 5.69 Å². The monoisotopic (exact) mass is 321 g/mol. The molecule has 1 aromatic carbocycles. The number of nitrogens with zero attached hydrogens (tertiary/aromatic N) is 1. The van der Waals surface area contributed by atoms with E-state index >= 15 is 0 Å². The summed E-state index contributed by atoms with van der Waals surface area (Å²) in [5.41, 5.74) is 0.386. The van der Waals surface area contributed by atoms with E-state index in [0.717, 1.165) is 4.90 Å². The molecule has 0 spiro atoms. The third-order valence-electron chi connectivity index (χ3n) is 2.52. The molecule has 0 saturated heterocycles. The number of carboxylic acid groups (broad SMARTS) is 1. The Kier molecular flexibility index (Phi) is 6.22. The quantitative estimate of drug-likeness (QED) is 0.670. The maximum atomic E-state index is 12.0. The summed E-state index contributed by atoms with van der Waals surface area (Å²) in [6, 6.07) is 6.11. The summed E-state index contributed by atoms with van der Waals surface area (Å²) in [5.74, 6) is -2.57. The lowest BCUT2D eigenvalue weighted by Gasteiger charge is -2.25. The second kappa shape index (κ2) is 7.44. The number of carboxylic acids is 1. The van der Waals surface area contributed by atoms with E-state index in [9.17, 15) is 19.8 Å². The van der Waals surface area contributed by atoms with Gasteiger partial charge in [-0.15, -0.1) is 11.6 Å². The van der Waals surface area contributed by atoms with Gasteiger partial charge in [-0.1, -0.05) is 11.6 Å². The first-order valence-electron chi connectivity index (χ1n) is 5.60. The standard InChI is InChI=1S/C12H13Cl2NO5/c13-5-6-15(8-3-1-7(14)2-4-8)11(18)9(16)10(17)12(19)20/h1-4,9-10,16-17H,5-6H2,(H,19,20)/t9-,10-/m1/s1. The minimum absolute atomic E-state index is 0.0470. The van der Waals surface area contributed by atoms with Gasteiger partial charge in [-0.05, 0) is 24.3 Å². The molecule has 6 nitrogen and oxygen atoms in total. The number of hydrogen-bond acceptors (Lipinski definition) is 4. The van der Waals surface area contributed by atoms with Crippen molar-refractivity contribution < 1.29 is 24.9 Å². The molecule has 0 saturated carbocycles. The Labute approximate surface area is 125 Å². The van der Waals surface area contributed by atoms with E-state index in [1.165, 1.54) is 24.3 Å². The Morgan fingerprint density at radius 3 is 2.15 bits per heavy atom. The van der Waals surface area contributed by atoms with Crippen LogP contribution in [-0.4, -0.2) is 51.8 Å². The molecule has 8 heteroatoms. The largest absolute Gasteiger partial charge is 0.479 e. The van der Waals surface area contributed by atoms with Gasteiger partial charge in [-0.3, -0.25) is 4.79 Å². The van der Waals surface area contributed by atoms with E-state index < -0.39 is 24.1 Å². The van der Waals surface area contributed by atoms with Crippen molar-refractivity contribution in [3.63, 3.8) is 0 Å². The number of aliphatic carboxylic acids is 1. The average Bonchev–Trinajstić information content (AvgIpc) is 2.43. The smallest absolute Gasteiger partial charge is 0.335 e. The number of hydrogen-bond donors (Lipinski definition) is 3. The van der Waals surface area contributed by atoms with E-state index in [2.05, 4.69) is 0 Å². The summed E-state index contributed by atoms with van der Waals surface area (Å²) in [5, 5.41) is 27.9. The van der Waals surface area contributed by atoms with E-state index in [0.29, 0.717) is 10.7 Å². The molecular formula is C12H13Cl2NO5. The van der Waals surface area contributed by atoms with Gasteiger partial charge in [-0.25, -0.2) is 4.79 Å². The van der Waals surface area contributed by atoms with Crippen LogP contribution in [0.25, 0.3) is 0 Å². The van der Waals surface area contributed by atoms with Crippen molar-refractivity contribution in [2.24, 2.45) is 0 Å². The van der Waals surface area contributed by atoms with Crippen molar-refractivity contribution in [2.45, 2.75) is 12.2 Å². The topological polar surface area (TPSA) is 98.1 Å². The molecular weight excluding hydrogens is 309 g/mol. The van der Waals surface area contributed by atoms with Gasteiger partial charge in [0.25, 0.3) is 5.91 Å². The highest BCUT2D eigenvalue weighted by Gasteiger charge is 2.33. The number of alkyl halides is 1. The Morgan fingerprint density at radius 1 is 1.15 bits per heavy atom. The normalized spacial score (nSPS) is 13.6. The minimum Gasteiger partial charge on any atom is -0.479 e. The number of aliphatic hydroxyl groups is 2. The molecule has 2 atom stereocenters. The van der Waals surface area contributed by atoms with Gasteiger partial charge < -0.3 is 20.2 Å². The van der Waals surface area contributed by atoms with E-state index in [1.54, 1.807) is 0 Å². The highest BCUT2D eigenvalue weighted by Crippen LogP contribution is 2.19. The van der Waals surface area contributed by atoms with Crippen LogP contribution in [0.5, 0.6) is 0 Å². The number of halogens is 2. The Morgan fingerprint density at radius 2 is 1.70 bits per heavy atom. The predicted molar refractivity (Wildman–Crippen MR) is 74.2 cm³/mol. The zero-order chi connectivity index (χ0) is 15.3. The summed E-state index contributed by atoms with van der Waals surface area (Å²) in [4.78, 5) is 23.7. The average molecular weight is 322 g/mol. The second-order valence-electron chi connectivity index (χ2n) is 3.88. The Balaban J connectivity index is 2.98. The fourth-order valence-electron chi connectivity index (χ4n) is 1.50. The number of rotatable bonds is 6. The number of anilines is 1. The number of benzene rings is 1. The first-order chi connectivity index (χ1) is 9.38. The van der Waals surface area contributed by atoms with E-state index in [1.807, 2.05) is 0 Å². The molecule has 20 heavy (non-hydrogen) atoms. The molecule has 1 amide bonds. The van der Waals surface area contributed by atoms with Gasteiger partial charge in [0.15, 0.2) is 12.2 Å². The fraction of sp³-hybridized carbons (Fsp3) is 0.333. The molecule has 110 valence electrons. The highest BCUT2D eigenvalue weighted by atomic mass is 35.5. The maximum absolute atomic E-state index is 12.0. The summed E-state index contributed by atoms with van der Waals surface area (Å²) in [7, 11) is 0. The predicted octanol–water partition coefficient (Wildman–Crippen LogP) is 0.718. The lowest BCUT2D eigenvalue weighted by Crippen LogP contribution is -2.48. The number of aliphatic hydroxyl groups excluding tert-OH is 2. The van der Waals surface area contributed by atoms with Crippen LogP contribution >= 0.6 is 23.2 Å². The number of carbonyl (C=O) groups is 2. The summed E-state index contributed by atoms with van der Waals surface area (Å²) in [6.45, 7) is 0.0470. The van der Waals surface area contributed by atoms with Gasteiger partial charge in [0.05, 0.1) is 0 Å². The van der Waals surface area contributed by atoms with Crippen molar-refractivity contribution in [1.82, 2.24) is 0 Å². The summed E-state index contributed by atoms with van der Waals surface area (Å²) >= 11 is 11.3. The van der Waals surface area contributed by atoms with Crippen molar-refractivity contribution in [2.75, 3.05) is 17.3 Å². The first kappa shape index (κ1) is 16.7. The zero-order valence-corrected chi connectivity index (χ0v) is 11.8. The summed E-state index contributed by atoms with van der Waals surface area (Å²) in [6.07, 6.45) is -4.28. The van der Waals surface area contributed by atoms with Gasteiger partial charge in [0.2, 0.25) is 0 Å². The van der Waals surface area contributed by atoms with Crippen molar-refractivity contribution in [1.29, 1.82) is 0 Å². The van der Waals surface area contributed by atoms with Crippen LogP contribution < -0.4 is 4.90 Å². The molecule has 0 fully saturated rings. The van der Waals surface area contributed by atoms with Crippen molar-refractivity contribution >= 4 is 40.8 Å². The van der Waals surface area contributed by atoms with Crippen LogP contribution in [0.15, 0.2) is 24.3 Å². The molecule has 0 aromatic heterocycles. The highest BCUT2D eigenvalue weighted by molar-refractivity contribution is 6.30. The van der Waals surface area contributed by atoms with Crippen LogP contribution in [0.3, 0.4) is 0 Å². The number of carbonyl (C=O) groups excluding carboxylic acids is 1. The summed E-state index contributed by atoms with van der Waals surface area (Å²) < 4.78 is 0. The van der Waals surface area contributed by atoms with Gasteiger partial charge in [0, 0.05) is 23.1 Å². The molecule has 1 aromatic rings. The van der Waals surface area contributed by atoms with Gasteiger partial charge in [-0.2, -0.15) is 0 Å². The van der Waals surface area contributed by atoms with Gasteiger partial charge >= 0.3 is 5.97 Å². The van der Waals surface area contributed by atoms with Crippen molar-refractivity contribution in [3.8, 4) is 0 Å². The van der Waals surface area contributed by atoms with E-state index in [4.69, 9.17) is 28.3 Å². The van der Waals surface area contributed by atoms with E-state index in [-0.39, 0.29) is 12.4 Å². The second-order valence-corrected chi connectivity index (χ2v) is 4.70. The lowest BCUT2D eigenvalue weighted by atomic mass is 10.1. The maximum Gasteiger partial charge on any atom is 0.335 e. The molecule has 3 N–H and O–H groups in total. The number of amides is 1. The minimum atomic E-state index is -2.20. The molecule has 0 heterocycles. The SMILES string of the molecule is O=C(O)[C@H](O)[C@@H](O)C(=O)N(CCCl)c1ccc(Cl)cc1. The van der Waals surface area contributed by atoms with Crippen LogP contribution in [0, 0.1) is 0 Å². The molecule has 0 aliphatic carbocycles. The van der Waals surface area contributed by atoms with Gasteiger partial charge in [0.1, 0.15) is 0 Å². The van der Waals surface area contributed by atoms with Crippen LogP contribution in [0.2, 0.25) is 5.02 Å². The lowest BCUT2D eigenvalue weighted by molar-refractivity contribution is -0.157.